The standard InChI is InChI=1S/C43H71NO7/c1-3-5-6-7-8-9-10-11-12-13-14-15-16-17-18-21-40(45)48-32-39(34-51-42(47)50-31-35-20-19-22-44(4-2)30-35)33-49-41(46)29-43-26-36-23-37(27-43)25-38(24-36)28-43/h8-9,11-12,35-39H,3-7,10,13-34H2,1-2H3/b9-8-,12-11-. The van der Waals surface area contributed by atoms with Crippen molar-refractivity contribution in [3.63, 3.8) is 0 Å². The molecular weight excluding hydrogens is 642 g/mol. The van der Waals surface area contributed by atoms with Crippen LogP contribution < -0.4 is 0 Å². The first-order valence-electron chi connectivity index (χ1n) is 21.0. The second-order valence-corrected chi connectivity index (χ2v) is 16.6. The molecule has 1 aliphatic heterocycles. The van der Waals surface area contributed by atoms with Gasteiger partial charge < -0.3 is 23.8 Å². The second kappa shape index (κ2) is 23.3. The van der Waals surface area contributed by atoms with Gasteiger partial charge in [-0.15, -0.1) is 0 Å². The van der Waals surface area contributed by atoms with Crippen molar-refractivity contribution in [3.05, 3.63) is 24.3 Å². The van der Waals surface area contributed by atoms with Crippen LogP contribution in [0.4, 0.5) is 4.79 Å². The second-order valence-electron chi connectivity index (χ2n) is 16.6. The van der Waals surface area contributed by atoms with Crippen molar-refractivity contribution in [1.29, 1.82) is 0 Å². The van der Waals surface area contributed by atoms with E-state index in [1.807, 2.05) is 0 Å². The number of likely N-dealkylation sites (tertiary alicyclic amines) is 1. The minimum Gasteiger partial charge on any atom is -0.465 e. The fourth-order valence-corrected chi connectivity index (χ4v) is 9.57. The van der Waals surface area contributed by atoms with Gasteiger partial charge in [0.1, 0.15) is 19.8 Å². The van der Waals surface area contributed by atoms with E-state index in [0.29, 0.717) is 25.4 Å². The number of hydrogen-bond donors (Lipinski definition) is 0. The summed E-state index contributed by atoms with van der Waals surface area (Å²) < 4.78 is 22.4. The molecule has 5 fully saturated rings. The summed E-state index contributed by atoms with van der Waals surface area (Å²) in [4.78, 5) is 40.7. The van der Waals surface area contributed by atoms with Gasteiger partial charge in [0, 0.05) is 18.9 Å². The first-order chi connectivity index (χ1) is 24.9. The summed E-state index contributed by atoms with van der Waals surface area (Å²) in [5.41, 5.74) is 0.0993. The van der Waals surface area contributed by atoms with Crippen molar-refractivity contribution >= 4 is 18.1 Å². The Kier molecular flexibility index (Phi) is 19.0. The highest BCUT2D eigenvalue weighted by Gasteiger charge is 2.51. The average Bonchev–Trinajstić information content (AvgIpc) is 3.11. The van der Waals surface area contributed by atoms with Crippen LogP contribution in [0, 0.1) is 35.0 Å². The van der Waals surface area contributed by atoms with E-state index in [0.717, 1.165) is 108 Å². The van der Waals surface area contributed by atoms with E-state index >= 15 is 0 Å². The number of piperidine rings is 1. The van der Waals surface area contributed by atoms with Crippen molar-refractivity contribution in [2.75, 3.05) is 46.1 Å². The highest BCUT2D eigenvalue weighted by Crippen LogP contribution is 2.61. The fraction of sp³-hybridized carbons (Fsp3) is 0.837. The molecule has 290 valence electrons. The number of nitrogens with zero attached hydrogens (tertiary/aromatic N) is 1. The number of esters is 2. The smallest absolute Gasteiger partial charge is 0.465 e. The highest BCUT2D eigenvalue weighted by atomic mass is 16.7. The zero-order valence-electron chi connectivity index (χ0n) is 32.3. The molecule has 2 atom stereocenters. The summed E-state index contributed by atoms with van der Waals surface area (Å²) in [6, 6.07) is 0. The maximum atomic E-state index is 13.1. The minimum absolute atomic E-state index is 0.0216. The van der Waals surface area contributed by atoms with E-state index in [1.165, 1.54) is 51.4 Å². The average molecular weight is 714 g/mol. The Morgan fingerprint density at radius 1 is 0.725 bits per heavy atom. The molecule has 1 saturated heterocycles. The van der Waals surface area contributed by atoms with Gasteiger partial charge in [-0.1, -0.05) is 70.3 Å². The molecule has 1 heterocycles. The number of rotatable bonds is 25. The summed E-state index contributed by atoms with van der Waals surface area (Å²) in [5, 5.41) is 0. The van der Waals surface area contributed by atoms with Gasteiger partial charge >= 0.3 is 18.1 Å². The van der Waals surface area contributed by atoms with Crippen LogP contribution in [0.25, 0.3) is 0 Å². The molecule has 0 spiro atoms. The first kappa shape index (κ1) is 41.4. The molecule has 0 aromatic rings. The van der Waals surface area contributed by atoms with E-state index in [1.54, 1.807) is 0 Å². The zero-order chi connectivity index (χ0) is 36.2. The van der Waals surface area contributed by atoms with Gasteiger partial charge in [0.15, 0.2) is 0 Å². The number of allylic oxidation sites excluding steroid dienone is 4. The predicted octanol–water partition coefficient (Wildman–Crippen LogP) is 9.99. The third-order valence-corrected chi connectivity index (χ3v) is 11.9. The Labute approximate surface area is 309 Å². The van der Waals surface area contributed by atoms with Crippen LogP contribution in [0.5, 0.6) is 0 Å². The zero-order valence-corrected chi connectivity index (χ0v) is 32.3. The lowest BCUT2D eigenvalue weighted by Gasteiger charge is -2.56. The number of carbonyl (C=O) groups is 3. The normalized spacial score (nSPS) is 26.5. The lowest BCUT2D eigenvalue weighted by molar-refractivity contribution is -0.155. The van der Waals surface area contributed by atoms with Crippen molar-refractivity contribution in [3.8, 4) is 0 Å². The minimum atomic E-state index is -0.718. The highest BCUT2D eigenvalue weighted by molar-refractivity contribution is 5.70. The number of ether oxygens (including phenoxy) is 4. The quantitative estimate of drug-likeness (QED) is 0.0400. The van der Waals surface area contributed by atoms with Gasteiger partial charge in [-0.25, -0.2) is 4.79 Å². The topological polar surface area (TPSA) is 91.4 Å². The molecule has 0 amide bonds. The van der Waals surface area contributed by atoms with E-state index in [-0.39, 0.29) is 37.2 Å². The van der Waals surface area contributed by atoms with Crippen LogP contribution in [0.15, 0.2) is 24.3 Å². The summed E-state index contributed by atoms with van der Waals surface area (Å²) in [6.07, 6.45) is 31.2. The van der Waals surface area contributed by atoms with Gasteiger partial charge in [-0.3, -0.25) is 9.59 Å². The van der Waals surface area contributed by atoms with Crippen LogP contribution in [0.1, 0.15) is 149 Å². The number of carbonyl (C=O) groups excluding carboxylic acids is 3. The largest absolute Gasteiger partial charge is 0.508 e. The summed E-state index contributed by atoms with van der Waals surface area (Å²) in [6.45, 7) is 7.82. The molecule has 4 bridgehead atoms. The lowest BCUT2D eigenvalue weighted by atomic mass is 9.49. The SMILES string of the molecule is CCCCC/C=C\C/C=C\CCCCCCCC(=O)OCC(COC(=O)CC12CC3CC(CC(C3)C1)C2)COC(=O)OCC1CCCN(CC)C1. The molecular formula is C43H71NO7. The van der Waals surface area contributed by atoms with E-state index in [4.69, 9.17) is 18.9 Å². The third-order valence-electron chi connectivity index (χ3n) is 11.9. The van der Waals surface area contributed by atoms with Crippen molar-refractivity contribution in [2.24, 2.45) is 35.0 Å². The number of hydrogen-bond acceptors (Lipinski definition) is 8. The molecule has 5 rings (SSSR count). The molecule has 0 aromatic carbocycles. The molecule has 8 heteroatoms. The van der Waals surface area contributed by atoms with Crippen LogP contribution in [0.2, 0.25) is 0 Å². The molecule has 5 aliphatic rings. The predicted molar refractivity (Wildman–Crippen MR) is 202 cm³/mol. The molecule has 51 heavy (non-hydrogen) atoms. The summed E-state index contributed by atoms with van der Waals surface area (Å²) in [5.74, 6) is 1.75. The van der Waals surface area contributed by atoms with E-state index < -0.39 is 12.1 Å². The molecule has 4 aliphatic carbocycles. The Balaban J connectivity index is 1.11. The van der Waals surface area contributed by atoms with E-state index in [9.17, 15) is 14.4 Å². The van der Waals surface area contributed by atoms with Gasteiger partial charge in [-0.05, 0) is 126 Å². The molecule has 4 saturated carbocycles. The van der Waals surface area contributed by atoms with Crippen LogP contribution >= 0.6 is 0 Å². The Bertz CT molecular complexity index is 1050. The Morgan fingerprint density at radius 3 is 2.00 bits per heavy atom. The molecule has 0 aromatic heterocycles. The van der Waals surface area contributed by atoms with Crippen molar-refractivity contribution < 1.29 is 33.3 Å². The maximum absolute atomic E-state index is 13.1. The van der Waals surface area contributed by atoms with Gasteiger partial charge in [0.25, 0.3) is 0 Å². The summed E-state index contributed by atoms with van der Waals surface area (Å²) >= 11 is 0. The van der Waals surface area contributed by atoms with Crippen LogP contribution in [-0.2, 0) is 28.5 Å². The van der Waals surface area contributed by atoms with E-state index in [2.05, 4.69) is 43.1 Å². The van der Waals surface area contributed by atoms with Gasteiger partial charge in [0.2, 0.25) is 0 Å². The van der Waals surface area contributed by atoms with Crippen LogP contribution in [-0.4, -0.2) is 69.1 Å². The van der Waals surface area contributed by atoms with Crippen molar-refractivity contribution in [2.45, 2.75) is 149 Å². The Hall–Kier alpha value is -2.35. The van der Waals surface area contributed by atoms with Gasteiger partial charge in [-0.2, -0.15) is 0 Å². The molecule has 2 unspecified atom stereocenters. The van der Waals surface area contributed by atoms with Gasteiger partial charge in [0.05, 0.1) is 18.9 Å². The first-order valence-corrected chi connectivity index (χ1v) is 21.0. The molecule has 8 nitrogen and oxygen atoms in total. The molecule has 0 radical (unpaired) electrons. The van der Waals surface area contributed by atoms with Crippen molar-refractivity contribution in [1.82, 2.24) is 4.90 Å². The third kappa shape index (κ3) is 16.1. The van der Waals surface area contributed by atoms with Crippen LogP contribution in [0.3, 0.4) is 0 Å². The maximum Gasteiger partial charge on any atom is 0.508 e. The summed E-state index contributed by atoms with van der Waals surface area (Å²) in [7, 11) is 0. The molecule has 0 N–H and O–H groups in total. The Morgan fingerprint density at radius 2 is 1.33 bits per heavy atom. The monoisotopic (exact) mass is 714 g/mol. The number of unbranched alkanes of at least 4 members (excludes halogenated alkanes) is 8. The lowest BCUT2D eigenvalue weighted by Crippen LogP contribution is -2.47. The fourth-order valence-electron chi connectivity index (χ4n) is 9.57.